The van der Waals surface area contributed by atoms with Gasteiger partial charge >= 0.3 is 0 Å². The molecular weight excluding hydrogens is 400 g/mol. The lowest BCUT2D eigenvalue weighted by atomic mass is 9.53. The zero-order valence-corrected chi connectivity index (χ0v) is 20.6. The van der Waals surface area contributed by atoms with Gasteiger partial charge in [-0.3, -0.25) is 9.59 Å². The van der Waals surface area contributed by atoms with Crippen LogP contribution < -0.4 is 10.6 Å². The minimum absolute atomic E-state index is 0.228. The number of hydrogen-bond donors (Lipinski definition) is 2. The SMILES string of the molecule is CC(CCN1CCCC1)NC(=O)C12CCC(C(=O)NC(C)CCN3CCCC3)(CC1)CC2. The molecule has 2 atom stereocenters. The molecule has 2 aliphatic heterocycles. The fraction of sp³-hybridized carbons (Fsp3) is 0.923. The molecule has 2 unspecified atom stereocenters. The van der Waals surface area contributed by atoms with Gasteiger partial charge in [0.1, 0.15) is 0 Å². The van der Waals surface area contributed by atoms with Gasteiger partial charge in [0.05, 0.1) is 0 Å². The minimum atomic E-state index is -0.231. The molecule has 2 saturated heterocycles. The zero-order valence-electron chi connectivity index (χ0n) is 20.6. The smallest absolute Gasteiger partial charge is 0.226 e. The first-order chi connectivity index (χ1) is 15.4. The first-order valence-corrected chi connectivity index (χ1v) is 13.5. The van der Waals surface area contributed by atoms with Crippen LogP contribution in [0.4, 0.5) is 0 Å². The number of fused-ring (bicyclic) bond motifs is 3. The Balaban J connectivity index is 1.21. The van der Waals surface area contributed by atoms with Crippen molar-refractivity contribution in [2.24, 2.45) is 10.8 Å². The molecule has 0 spiro atoms. The monoisotopic (exact) mass is 446 g/mol. The molecule has 0 radical (unpaired) electrons. The summed E-state index contributed by atoms with van der Waals surface area (Å²) in [6, 6.07) is 0.455. The predicted octanol–water partition coefficient (Wildman–Crippen LogP) is 3.31. The van der Waals surface area contributed by atoms with Crippen molar-refractivity contribution in [3.8, 4) is 0 Å². The van der Waals surface area contributed by atoms with E-state index in [0.717, 1.165) is 64.5 Å². The van der Waals surface area contributed by atoms with Crippen LogP contribution in [0.3, 0.4) is 0 Å². The molecule has 0 aromatic heterocycles. The number of nitrogens with one attached hydrogen (secondary N) is 2. The van der Waals surface area contributed by atoms with E-state index in [0.29, 0.717) is 0 Å². The van der Waals surface area contributed by atoms with Crippen molar-refractivity contribution >= 4 is 11.8 Å². The van der Waals surface area contributed by atoms with E-state index in [1.165, 1.54) is 51.9 Å². The predicted molar refractivity (Wildman–Crippen MR) is 128 cm³/mol. The molecule has 3 aliphatic carbocycles. The molecule has 2 N–H and O–H groups in total. The van der Waals surface area contributed by atoms with E-state index in [9.17, 15) is 9.59 Å². The van der Waals surface area contributed by atoms with Gasteiger partial charge in [-0.15, -0.1) is 0 Å². The maximum absolute atomic E-state index is 13.2. The van der Waals surface area contributed by atoms with Crippen LogP contribution in [-0.4, -0.2) is 73.0 Å². The molecule has 0 aromatic carbocycles. The normalized spacial score (nSPS) is 32.7. The molecule has 6 heteroatoms. The Morgan fingerprint density at radius 3 is 1.28 bits per heavy atom. The second-order valence-electron chi connectivity index (χ2n) is 11.5. The Morgan fingerprint density at radius 2 is 0.969 bits per heavy atom. The number of rotatable bonds is 10. The number of carbonyl (C=O) groups excluding carboxylic acids is 2. The molecule has 2 heterocycles. The molecule has 6 nitrogen and oxygen atoms in total. The fourth-order valence-corrected chi connectivity index (χ4v) is 6.53. The van der Waals surface area contributed by atoms with Gasteiger partial charge in [-0.2, -0.15) is 0 Å². The average Bonchev–Trinajstić information content (AvgIpc) is 3.52. The van der Waals surface area contributed by atoms with Gasteiger partial charge in [-0.25, -0.2) is 0 Å². The van der Waals surface area contributed by atoms with Gasteiger partial charge in [0, 0.05) is 36.0 Å². The molecule has 5 aliphatic rings. The van der Waals surface area contributed by atoms with E-state index in [4.69, 9.17) is 0 Å². The number of carbonyl (C=O) groups is 2. The summed E-state index contributed by atoms with van der Waals surface area (Å²) in [6.07, 6.45) is 12.5. The summed E-state index contributed by atoms with van der Waals surface area (Å²) in [5.74, 6) is 0.498. The first-order valence-electron chi connectivity index (χ1n) is 13.5. The number of amides is 2. The summed E-state index contributed by atoms with van der Waals surface area (Å²) in [7, 11) is 0. The van der Waals surface area contributed by atoms with Crippen molar-refractivity contribution in [1.82, 2.24) is 20.4 Å². The highest BCUT2D eigenvalue weighted by Crippen LogP contribution is 2.57. The number of nitrogens with zero attached hydrogens (tertiary/aromatic N) is 2. The fourth-order valence-electron chi connectivity index (χ4n) is 6.53. The topological polar surface area (TPSA) is 64.7 Å². The second-order valence-corrected chi connectivity index (χ2v) is 11.5. The quantitative estimate of drug-likeness (QED) is 0.540. The number of likely N-dealkylation sites (tertiary alicyclic amines) is 2. The Bertz CT molecular complexity index is 574. The summed E-state index contributed by atoms with van der Waals surface area (Å²) < 4.78 is 0. The van der Waals surface area contributed by atoms with Crippen LogP contribution in [0.1, 0.15) is 90.9 Å². The van der Waals surface area contributed by atoms with Gasteiger partial charge in [-0.1, -0.05) is 0 Å². The molecule has 2 amide bonds. The summed E-state index contributed by atoms with van der Waals surface area (Å²) in [4.78, 5) is 31.5. The molecular formula is C26H46N4O2. The highest BCUT2D eigenvalue weighted by Gasteiger charge is 2.55. The van der Waals surface area contributed by atoms with E-state index in [1.54, 1.807) is 0 Å². The molecule has 32 heavy (non-hydrogen) atoms. The highest BCUT2D eigenvalue weighted by atomic mass is 16.2. The Morgan fingerprint density at radius 1 is 0.656 bits per heavy atom. The van der Waals surface area contributed by atoms with Crippen LogP contribution in [-0.2, 0) is 9.59 Å². The van der Waals surface area contributed by atoms with Crippen LogP contribution in [0.5, 0.6) is 0 Å². The van der Waals surface area contributed by atoms with Crippen molar-refractivity contribution in [2.75, 3.05) is 39.3 Å². The van der Waals surface area contributed by atoms with Crippen molar-refractivity contribution in [1.29, 1.82) is 0 Å². The van der Waals surface area contributed by atoms with E-state index < -0.39 is 0 Å². The largest absolute Gasteiger partial charge is 0.353 e. The van der Waals surface area contributed by atoms with E-state index in [2.05, 4.69) is 34.3 Å². The molecule has 182 valence electrons. The molecule has 5 rings (SSSR count). The van der Waals surface area contributed by atoms with Gasteiger partial charge in [-0.05, 0) is 117 Å². The third-order valence-corrected chi connectivity index (χ3v) is 9.12. The van der Waals surface area contributed by atoms with Crippen LogP contribution in [0.15, 0.2) is 0 Å². The molecule has 5 fully saturated rings. The maximum Gasteiger partial charge on any atom is 0.226 e. The standard InChI is InChI=1S/C26H46N4O2/c1-21(7-19-29-15-3-4-16-29)27-23(31)25-9-12-26(13-10-25,14-11-25)24(32)28-22(2)8-20-30-17-5-6-18-30/h21-22H,3-20H2,1-2H3,(H,27,31)(H,28,32). The van der Waals surface area contributed by atoms with Crippen LogP contribution in [0, 0.1) is 10.8 Å². The summed E-state index contributed by atoms with van der Waals surface area (Å²) in [6.45, 7) is 11.3. The third-order valence-electron chi connectivity index (χ3n) is 9.12. The van der Waals surface area contributed by atoms with Gasteiger partial charge < -0.3 is 20.4 Å². The Labute approximate surface area is 195 Å². The van der Waals surface area contributed by atoms with Crippen molar-refractivity contribution in [3.05, 3.63) is 0 Å². The maximum atomic E-state index is 13.2. The first kappa shape index (κ1) is 24.0. The molecule has 3 saturated carbocycles. The summed E-state index contributed by atoms with van der Waals surface area (Å²) in [5, 5.41) is 6.67. The van der Waals surface area contributed by atoms with E-state index in [1.807, 2.05) is 0 Å². The van der Waals surface area contributed by atoms with Crippen molar-refractivity contribution < 1.29 is 9.59 Å². The van der Waals surface area contributed by atoms with Crippen molar-refractivity contribution in [3.63, 3.8) is 0 Å². The van der Waals surface area contributed by atoms with Crippen LogP contribution in [0.25, 0.3) is 0 Å². The Kier molecular flexibility index (Phi) is 7.81. The molecule has 2 bridgehead atoms. The van der Waals surface area contributed by atoms with Crippen LogP contribution >= 0.6 is 0 Å². The lowest BCUT2D eigenvalue weighted by Gasteiger charge is -2.51. The van der Waals surface area contributed by atoms with Crippen molar-refractivity contribution in [2.45, 2.75) is 103 Å². The lowest BCUT2D eigenvalue weighted by molar-refractivity contribution is -0.151. The van der Waals surface area contributed by atoms with Gasteiger partial charge in [0.2, 0.25) is 11.8 Å². The number of hydrogen-bond acceptors (Lipinski definition) is 4. The van der Waals surface area contributed by atoms with E-state index >= 15 is 0 Å². The highest BCUT2D eigenvalue weighted by molar-refractivity contribution is 5.87. The third kappa shape index (κ3) is 5.49. The second kappa shape index (κ2) is 10.4. The molecule has 0 aromatic rings. The van der Waals surface area contributed by atoms with Gasteiger partial charge in [0.15, 0.2) is 0 Å². The zero-order chi connectivity index (χ0) is 22.6. The summed E-state index contributed by atoms with van der Waals surface area (Å²) >= 11 is 0. The Hall–Kier alpha value is -1.14. The summed E-state index contributed by atoms with van der Waals surface area (Å²) in [5.41, 5.74) is -0.462. The van der Waals surface area contributed by atoms with Crippen LogP contribution in [0.2, 0.25) is 0 Å². The average molecular weight is 447 g/mol. The minimum Gasteiger partial charge on any atom is -0.353 e. The lowest BCUT2D eigenvalue weighted by Crippen LogP contribution is -2.56. The van der Waals surface area contributed by atoms with E-state index in [-0.39, 0.29) is 34.7 Å². The van der Waals surface area contributed by atoms with Gasteiger partial charge in [0.25, 0.3) is 0 Å².